The third kappa shape index (κ3) is 3.98. The minimum absolute atomic E-state index is 0.120. The maximum absolute atomic E-state index is 13.8. The van der Waals surface area contributed by atoms with Gasteiger partial charge in [-0.2, -0.15) is 0 Å². The summed E-state index contributed by atoms with van der Waals surface area (Å²) < 4.78 is 33.0. The Labute approximate surface area is 171 Å². The molecule has 156 valence electrons. The van der Waals surface area contributed by atoms with Crippen LogP contribution < -0.4 is 10.2 Å². The lowest BCUT2D eigenvalue weighted by atomic mass is 10.1. The molecule has 1 aliphatic rings. The third-order valence-electron chi connectivity index (χ3n) is 4.79. The van der Waals surface area contributed by atoms with E-state index in [-0.39, 0.29) is 36.0 Å². The highest BCUT2D eigenvalue weighted by molar-refractivity contribution is 6.07. The first-order valence-corrected chi connectivity index (χ1v) is 9.48. The van der Waals surface area contributed by atoms with Gasteiger partial charge in [0.15, 0.2) is 18.0 Å². The van der Waals surface area contributed by atoms with Crippen molar-refractivity contribution in [2.24, 2.45) is 0 Å². The average Bonchev–Trinajstić information content (AvgIpc) is 3.37. The first-order valence-electron chi connectivity index (χ1n) is 9.48. The number of amides is 1. The lowest BCUT2D eigenvalue weighted by Crippen LogP contribution is -2.27. The Kier molecular flexibility index (Phi) is 5.15. The highest BCUT2D eigenvalue weighted by Crippen LogP contribution is 2.38. The van der Waals surface area contributed by atoms with Crippen LogP contribution >= 0.6 is 0 Å². The van der Waals surface area contributed by atoms with E-state index >= 15 is 0 Å². The van der Waals surface area contributed by atoms with Crippen LogP contribution in [0, 0.1) is 0 Å². The number of rotatable bonds is 5. The molecule has 0 saturated carbocycles. The van der Waals surface area contributed by atoms with Gasteiger partial charge in [-0.1, -0.05) is 13.8 Å². The molecule has 4 heterocycles. The zero-order valence-electron chi connectivity index (χ0n) is 16.5. The smallest absolute Gasteiger partial charge is 0.266 e. The molecule has 1 saturated heterocycles. The molecule has 1 amide bonds. The van der Waals surface area contributed by atoms with Gasteiger partial charge in [-0.3, -0.25) is 4.79 Å². The monoisotopic (exact) mass is 414 g/mol. The molecule has 0 unspecified atom stereocenters. The van der Waals surface area contributed by atoms with Gasteiger partial charge in [-0.05, 0) is 6.07 Å². The Balaban J connectivity index is 1.70. The van der Waals surface area contributed by atoms with E-state index in [2.05, 4.69) is 25.3 Å². The number of carbonyl (C=O) groups excluding carboxylic acids is 1. The summed E-state index contributed by atoms with van der Waals surface area (Å²) in [5.41, 5.74) is 0.996. The second-order valence-electron chi connectivity index (χ2n) is 7.39. The SMILES string of the molecule is CC(C)c1ncc(C(=O)Nc2c(-c3cnco3)ccnc2N2CCC(F)(F)C2)cn1. The van der Waals surface area contributed by atoms with Crippen LogP contribution in [0.4, 0.5) is 20.3 Å². The first kappa shape index (κ1) is 19.9. The molecule has 0 aromatic carbocycles. The van der Waals surface area contributed by atoms with Crippen molar-refractivity contribution in [1.29, 1.82) is 0 Å². The number of carbonyl (C=O) groups is 1. The number of pyridine rings is 1. The fourth-order valence-corrected chi connectivity index (χ4v) is 3.22. The van der Waals surface area contributed by atoms with Crippen LogP contribution in [-0.2, 0) is 0 Å². The van der Waals surface area contributed by atoms with Crippen LogP contribution in [0.1, 0.15) is 42.4 Å². The van der Waals surface area contributed by atoms with E-state index in [4.69, 9.17) is 4.42 Å². The lowest BCUT2D eigenvalue weighted by Gasteiger charge is -2.22. The van der Waals surface area contributed by atoms with Crippen molar-refractivity contribution in [3.8, 4) is 11.3 Å². The van der Waals surface area contributed by atoms with E-state index in [1.54, 1.807) is 6.07 Å². The summed E-state index contributed by atoms with van der Waals surface area (Å²) in [4.78, 5) is 30.9. The largest absolute Gasteiger partial charge is 0.443 e. The number of nitrogens with one attached hydrogen (secondary N) is 1. The van der Waals surface area contributed by atoms with Crippen molar-refractivity contribution in [2.75, 3.05) is 23.3 Å². The highest BCUT2D eigenvalue weighted by Gasteiger charge is 2.40. The molecule has 0 aliphatic carbocycles. The molecule has 0 bridgehead atoms. The minimum atomic E-state index is -2.81. The molecule has 1 N–H and O–H groups in total. The van der Waals surface area contributed by atoms with Crippen LogP contribution in [0.5, 0.6) is 0 Å². The Bertz CT molecular complexity index is 1040. The molecule has 3 aromatic heterocycles. The predicted octanol–water partition coefficient (Wildman–Crippen LogP) is 3.75. The van der Waals surface area contributed by atoms with Crippen LogP contribution in [0.2, 0.25) is 0 Å². The minimum Gasteiger partial charge on any atom is -0.443 e. The zero-order valence-corrected chi connectivity index (χ0v) is 16.5. The van der Waals surface area contributed by atoms with Crippen molar-refractivity contribution < 1.29 is 18.0 Å². The van der Waals surface area contributed by atoms with E-state index in [0.29, 0.717) is 17.1 Å². The standard InChI is InChI=1S/C20H20F2N6O2/c1-12(2)17-25-7-13(8-26-17)19(29)27-16-14(15-9-23-11-30-15)3-5-24-18(16)28-6-4-20(21,22)10-28/h3,5,7-9,11-12H,4,6,10H2,1-2H3,(H,27,29). The van der Waals surface area contributed by atoms with Gasteiger partial charge in [-0.25, -0.2) is 28.7 Å². The predicted molar refractivity (Wildman–Crippen MR) is 106 cm³/mol. The van der Waals surface area contributed by atoms with Crippen molar-refractivity contribution in [3.63, 3.8) is 0 Å². The average molecular weight is 414 g/mol. The molecule has 1 fully saturated rings. The summed E-state index contributed by atoms with van der Waals surface area (Å²) in [6.45, 7) is 3.54. The van der Waals surface area contributed by atoms with Crippen molar-refractivity contribution in [1.82, 2.24) is 19.9 Å². The number of anilines is 2. The van der Waals surface area contributed by atoms with Gasteiger partial charge in [0.1, 0.15) is 5.82 Å². The van der Waals surface area contributed by atoms with Crippen molar-refractivity contribution in [2.45, 2.75) is 32.1 Å². The summed E-state index contributed by atoms with van der Waals surface area (Å²) in [5.74, 6) is -1.92. The van der Waals surface area contributed by atoms with Crippen LogP contribution in [0.15, 0.2) is 41.7 Å². The number of hydrogen-bond donors (Lipinski definition) is 1. The summed E-state index contributed by atoms with van der Waals surface area (Å²) >= 11 is 0. The maximum Gasteiger partial charge on any atom is 0.266 e. The molecule has 10 heteroatoms. The summed E-state index contributed by atoms with van der Waals surface area (Å²) in [5, 5.41) is 2.78. The number of oxazole rings is 1. The molecule has 0 radical (unpaired) electrons. The molecule has 4 rings (SSSR count). The fraction of sp³-hybridized carbons (Fsp3) is 0.350. The second kappa shape index (κ2) is 7.77. The molecule has 8 nitrogen and oxygen atoms in total. The van der Waals surface area contributed by atoms with Gasteiger partial charge < -0.3 is 14.6 Å². The van der Waals surface area contributed by atoms with E-state index in [0.717, 1.165) is 0 Å². The molecule has 0 atom stereocenters. The van der Waals surface area contributed by atoms with E-state index in [9.17, 15) is 13.6 Å². The Hall–Kier alpha value is -3.43. The molecule has 0 spiro atoms. The van der Waals surface area contributed by atoms with Gasteiger partial charge in [0.2, 0.25) is 0 Å². The summed E-state index contributed by atoms with van der Waals surface area (Å²) in [6.07, 6.45) is 6.81. The molecular formula is C20H20F2N6O2. The molecule has 30 heavy (non-hydrogen) atoms. The molecule has 3 aromatic rings. The van der Waals surface area contributed by atoms with Gasteiger partial charge in [0, 0.05) is 43.0 Å². The summed E-state index contributed by atoms with van der Waals surface area (Å²) in [6, 6.07) is 1.63. The molecule has 1 aliphatic heterocycles. The zero-order chi connectivity index (χ0) is 21.3. The van der Waals surface area contributed by atoms with E-state index in [1.807, 2.05) is 13.8 Å². The Morgan fingerprint density at radius 1 is 1.23 bits per heavy atom. The van der Waals surface area contributed by atoms with Crippen LogP contribution in [0.3, 0.4) is 0 Å². The molecular weight excluding hydrogens is 394 g/mol. The van der Waals surface area contributed by atoms with Crippen LogP contribution in [-0.4, -0.2) is 44.9 Å². The van der Waals surface area contributed by atoms with Gasteiger partial charge in [-0.15, -0.1) is 0 Å². The van der Waals surface area contributed by atoms with Gasteiger partial charge in [0.05, 0.1) is 24.0 Å². The number of alkyl halides is 2. The number of halogens is 2. The first-order chi connectivity index (χ1) is 14.3. The highest BCUT2D eigenvalue weighted by atomic mass is 19.3. The van der Waals surface area contributed by atoms with E-state index < -0.39 is 18.4 Å². The maximum atomic E-state index is 13.8. The lowest BCUT2D eigenvalue weighted by molar-refractivity contribution is 0.0257. The quantitative estimate of drug-likeness (QED) is 0.679. The Morgan fingerprint density at radius 3 is 2.60 bits per heavy atom. The van der Waals surface area contributed by atoms with Crippen molar-refractivity contribution >= 4 is 17.4 Å². The van der Waals surface area contributed by atoms with Crippen molar-refractivity contribution in [3.05, 3.63) is 48.6 Å². The number of nitrogens with zero attached hydrogens (tertiary/aromatic N) is 5. The topological polar surface area (TPSA) is 97.0 Å². The van der Waals surface area contributed by atoms with E-state index in [1.165, 1.54) is 36.1 Å². The number of aromatic nitrogens is 4. The fourth-order valence-electron chi connectivity index (χ4n) is 3.22. The Morgan fingerprint density at radius 2 is 2.00 bits per heavy atom. The number of hydrogen-bond acceptors (Lipinski definition) is 7. The summed E-state index contributed by atoms with van der Waals surface area (Å²) in [7, 11) is 0. The van der Waals surface area contributed by atoms with Gasteiger partial charge in [0.25, 0.3) is 11.8 Å². The second-order valence-corrected chi connectivity index (χ2v) is 7.39. The van der Waals surface area contributed by atoms with Crippen LogP contribution in [0.25, 0.3) is 11.3 Å². The third-order valence-corrected chi connectivity index (χ3v) is 4.79. The normalized spacial score (nSPS) is 15.6. The van der Waals surface area contributed by atoms with Gasteiger partial charge >= 0.3 is 0 Å².